The van der Waals surface area contributed by atoms with Crippen molar-refractivity contribution in [2.45, 2.75) is 39.2 Å². The fourth-order valence-electron chi connectivity index (χ4n) is 3.52. The van der Waals surface area contributed by atoms with Crippen LogP contribution in [0.4, 0.5) is 10.9 Å². The first-order valence-electron chi connectivity index (χ1n) is 9.78. The molecule has 8 heteroatoms. The highest BCUT2D eigenvalue weighted by molar-refractivity contribution is 7.13. The first-order valence-corrected chi connectivity index (χ1v) is 10.7. The van der Waals surface area contributed by atoms with E-state index in [-0.39, 0.29) is 0 Å². The summed E-state index contributed by atoms with van der Waals surface area (Å²) in [7, 11) is 0. The zero-order chi connectivity index (χ0) is 19.2. The average molecular weight is 396 g/mol. The van der Waals surface area contributed by atoms with E-state index in [4.69, 9.17) is 0 Å². The summed E-state index contributed by atoms with van der Waals surface area (Å²) in [6.45, 7) is 5.23. The molecule has 3 aromatic rings. The van der Waals surface area contributed by atoms with Crippen LogP contribution in [0.3, 0.4) is 0 Å². The van der Waals surface area contributed by atoms with Gasteiger partial charge in [0.15, 0.2) is 5.13 Å². The Bertz CT molecular complexity index is 859. The molecule has 0 radical (unpaired) electrons. The standard InChI is InChI=1S/C20H25N7S/c1-2-18-22-11-16(12-23-18)13-27-6-3-15(4-7-27)9-17-10-19(25-14-24-17)26-20-21-5-8-28-20/h5,8,10-12,14-15H,2-4,6-7,9,13H2,1H3,(H,21,24,25,26). The second-order valence-corrected chi connectivity index (χ2v) is 8.04. The van der Waals surface area contributed by atoms with E-state index in [2.05, 4.69) is 42.1 Å². The predicted octanol–water partition coefficient (Wildman–Crippen LogP) is 3.48. The Kier molecular flexibility index (Phi) is 6.18. The maximum Gasteiger partial charge on any atom is 0.188 e. The first-order chi connectivity index (χ1) is 13.8. The Hall–Kier alpha value is -2.45. The number of nitrogens with one attached hydrogen (secondary N) is 1. The van der Waals surface area contributed by atoms with Crippen molar-refractivity contribution >= 4 is 22.3 Å². The molecule has 1 aliphatic rings. The minimum Gasteiger partial charge on any atom is -0.316 e. The van der Waals surface area contributed by atoms with E-state index >= 15 is 0 Å². The van der Waals surface area contributed by atoms with Crippen LogP contribution in [0, 0.1) is 5.92 Å². The van der Waals surface area contributed by atoms with Crippen LogP contribution in [0.25, 0.3) is 0 Å². The van der Waals surface area contributed by atoms with Crippen molar-refractivity contribution in [2.75, 3.05) is 18.4 Å². The van der Waals surface area contributed by atoms with E-state index in [1.807, 2.05) is 23.8 Å². The van der Waals surface area contributed by atoms with Gasteiger partial charge in [-0.15, -0.1) is 11.3 Å². The summed E-state index contributed by atoms with van der Waals surface area (Å²) in [6, 6.07) is 2.04. The maximum absolute atomic E-state index is 4.47. The molecule has 0 aromatic carbocycles. The third kappa shape index (κ3) is 5.08. The quantitative estimate of drug-likeness (QED) is 0.656. The van der Waals surface area contributed by atoms with Crippen molar-refractivity contribution in [3.8, 4) is 0 Å². The van der Waals surface area contributed by atoms with E-state index in [9.17, 15) is 0 Å². The van der Waals surface area contributed by atoms with Crippen LogP contribution in [-0.2, 0) is 19.4 Å². The molecule has 4 heterocycles. The van der Waals surface area contributed by atoms with Crippen molar-refractivity contribution < 1.29 is 0 Å². The number of aryl methyl sites for hydroxylation is 1. The van der Waals surface area contributed by atoms with Gasteiger partial charge in [-0.25, -0.2) is 24.9 Å². The zero-order valence-corrected chi connectivity index (χ0v) is 16.9. The molecule has 1 N–H and O–H groups in total. The molecular weight excluding hydrogens is 370 g/mol. The summed E-state index contributed by atoms with van der Waals surface area (Å²) >= 11 is 1.57. The Morgan fingerprint density at radius 2 is 1.93 bits per heavy atom. The molecule has 0 unspecified atom stereocenters. The molecule has 1 saturated heterocycles. The van der Waals surface area contributed by atoms with Crippen LogP contribution in [0.2, 0.25) is 0 Å². The lowest BCUT2D eigenvalue weighted by atomic mass is 9.92. The molecule has 0 aliphatic carbocycles. The van der Waals surface area contributed by atoms with Crippen LogP contribution in [-0.4, -0.2) is 42.9 Å². The van der Waals surface area contributed by atoms with Crippen molar-refractivity contribution in [1.29, 1.82) is 0 Å². The molecule has 0 saturated carbocycles. The van der Waals surface area contributed by atoms with Crippen molar-refractivity contribution in [3.05, 3.63) is 53.4 Å². The monoisotopic (exact) mass is 395 g/mol. The van der Waals surface area contributed by atoms with Crippen molar-refractivity contribution in [3.63, 3.8) is 0 Å². The van der Waals surface area contributed by atoms with Gasteiger partial charge in [0.05, 0.1) is 0 Å². The number of aromatic nitrogens is 5. The molecule has 0 atom stereocenters. The molecule has 1 aliphatic heterocycles. The SMILES string of the molecule is CCc1ncc(CN2CCC(Cc3cc(Nc4nccs4)ncn3)CC2)cn1. The van der Waals surface area contributed by atoms with Gasteiger partial charge in [0.25, 0.3) is 0 Å². The average Bonchev–Trinajstić information content (AvgIpc) is 3.23. The fourth-order valence-corrected chi connectivity index (χ4v) is 4.06. The minimum absolute atomic E-state index is 0.664. The van der Waals surface area contributed by atoms with Gasteiger partial charge in [-0.1, -0.05) is 6.92 Å². The Labute approximate surface area is 169 Å². The van der Waals surface area contributed by atoms with E-state index in [1.165, 1.54) is 18.4 Å². The molecule has 1 fully saturated rings. The molecule has 0 bridgehead atoms. The number of rotatable bonds is 7. The lowest BCUT2D eigenvalue weighted by molar-refractivity contribution is 0.176. The van der Waals surface area contributed by atoms with Crippen molar-refractivity contribution in [1.82, 2.24) is 29.8 Å². The summed E-state index contributed by atoms with van der Waals surface area (Å²) in [5.41, 5.74) is 2.29. The Balaban J connectivity index is 1.27. The van der Waals surface area contributed by atoms with Crippen molar-refractivity contribution in [2.24, 2.45) is 5.92 Å². The summed E-state index contributed by atoms with van der Waals surface area (Å²) in [4.78, 5) is 24.3. The zero-order valence-electron chi connectivity index (χ0n) is 16.1. The highest BCUT2D eigenvalue weighted by Crippen LogP contribution is 2.23. The molecule has 3 aromatic heterocycles. The second kappa shape index (κ2) is 9.16. The first kappa shape index (κ1) is 18.9. The number of hydrogen-bond donors (Lipinski definition) is 1. The fraction of sp³-hybridized carbons (Fsp3) is 0.450. The van der Waals surface area contributed by atoms with Gasteiger partial charge < -0.3 is 5.32 Å². The lowest BCUT2D eigenvalue weighted by Crippen LogP contribution is -2.34. The molecular formula is C20H25N7S. The highest BCUT2D eigenvalue weighted by Gasteiger charge is 2.20. The number of anilines is 2. The Morgan fingerprint density at radius 3 is 2.64 bits per heavy atom. The summed E-state index contributed by atoms with van der Waals surface area (Å²) in [6.07, 6.45) is 11.6. The number of hydrogen-bond acceptors (Lipinski definition) is 8. The van der Waals surface area contributed by atoms with Crippen LogP contribution < -0.4 is 5.32 Å². The predicted molar refractivity (Wildman–Crippen MR) is 111 cm³/mol. The lowest BCUT2D eigenvalue weighted by Gasteiger charge is -2.31. The topological polar surface area (TPSA) is 79.7 Å². The summed E-state index contributed by atoms with van der Waals surface area (Å²) in [5, 5.41) is 6.04. The van der Waals surface area contributed by atoms with Gasteiger partial charge in [0.2, 0.25) is 0 Å². The molecule has 7 nitrogen and oxygen atoms in total. The summed E-state index contributed by atoms with van der Waals surface area (Å²) < 4.78 is 0. The third-order valence-corrected chi connectivity index (χ3v) is 5.77. The van der Waals surface area contributed by atoms with Gasteiger partial charge >= 0.3 is 0 Å². The Morgan fingerprint density at radius 1 is 1.11 bits per heavy atom. The highest BCUT2D eigenvalue weighted by atomic mass is 32.1. The van der Waals surface area contributed by atoms with Gasteiger partial charge in [-0.3, -0.25) is 4.90 Å². The minimum atomic E-state index is 0.664. The second-order valence-electron chi connectivity index (χ2n) is 7.14. The summed E-state index contributed by atoms with van der Waals surface area (Å²) in [5.74, 6) is 2.39. The molecule has 28 heavy (non-hydrogen) atoms. The number of likely N-dealkylation sites (tertiary alicyclic amines) is 1. The van der Waals surface area contributed by atoms with Crippen LogP contribution in [0.15, 0.2) is 36.4 Å². The molecule has 0 spiro atoms. The van der Waals surface area contributed by atoms with E-state index in [1.54, 1.807) is 23.9 Å². The number of nitrogens with zero attached hydrogens (tertiary/aromatic N) is 6. The van der Waals surface area contributed by atoms with E-state index < -0.39 is 0 Å². The number of thiazole rings is 1. The normalized spacial score (nSPS) is 15.6. The van der Waals surface area contributed by atoms with Gasteiger partial charge in [0, 0.05) is 54.3 Å². The third-order valence-electron chi connectivity index (χ3n) is 5.08. The van der Waals surface area contributed by atoms with Crippen LogP contribution >= 0.6 is 11.3 Å². The van der Waals surface area contributed by atoms with Gasteiger partial charge in [-0.05, 0) is 38.3 Å². The van der Waals surface area contributed by atoms with Gasteiger partial charge in [-0.2, -0.15) is 0 Å². The van der Waals surface area contributed by atoms with Crippen LogP contribution in [0.5, 0.6) is 0 Å². The number of piperidine rings is 1. The van der Waals surface area contributed by atoms with E-state index in [0.717, 1.165) is 54.9 Å². The molecule has 146 valence electrons. The largest absolute Gasteiger partial charge is 0.316 e. The molecule has 4 rings (SSSR count). The maximum atomic E-state index is 4.47. The molecule has 0 amide bonds. The van der Waals surface area contributed by atoms with Crippen LogP contribution in [0.1, 0.15) is 36.8 Å². The smallest absolute Gasteiger partial charge is 0.188 e. The van der Waals surface area contributed by atoms with Gasteiger partial charge in [0.1, 0.15) is 18.0 Å². The van der Waals surface area contributed by atoms with E-state index in [0.29, 0.717) is 5.92 Å².